The maximum absolute atomic E-state index is 13.4. The highest BCUT2D eigenvalue weighted by molar-refractivity contribution is 5.40. The third-order valence-electron chi connectivity index (χ3n) is 4.56. The average Bonchev–Trinajstić information content (AvgIpc) is 2.64. The van der Waals surface area contributed by atoms with Gasteiger partial charge in [-0.3, -0.25) is 4.90 Å². The van der Waals surface area contributed by atoms with Gasteiger partial charge in [0.05, 0.1) is 0 Å². The van der Waals surface area contributed by atoms with Crippen molar-refractivity contribution in [2.75, 3.05) is 20.6 Å². The van der Waals surface area contributed by atoms with Gasteiger partial charge in [-0.1, -0.05) is 0 Å². The molecule has 3 rings (SSSR count). The largest absolute Gasteiger partial charge is 0.485 e. The lowest BCUT2D eigenvalue weighted by Gasteiger charge is -2.39. The molecule has 3 nitrogen and oxygen atoms in total. The minimum absolute atomic E-state index is 0.132. The molecule has 1 spiro atoms. The molecule has 19 heavy (non-hydrogen) atoms. The van der Waals surface area contributed by atoms with Crippen LogP contribution in [0.5, 0.6) is 5.75 Å². The predicted molar refractivity (Wildman–Crippen MR) is 72.9 cm³/mol. The second-order valence-electron chi connectivity index (χ2n) is 5.98. The zero-order valence-corrected chi connectivity index (χ0v) is 11.7. The molecule has 1 aromatic rings. The van der Waals surface area contributed by atoms with Crippen molar-refractivity contribution < 1.29 is 9.13 Å². The van der Waals surface area contributed by atoms with Crippen LogP contribution in [0.4, 0.5) is 4.39 Å². The van der Waals surface area contributed by atoms with Crippen molar-refractivity contribution >= 4 is 0 Å². The van der Waals surface area contributed by atoms with Crippen molar-refractivity contribution in [3.8, 4) is 5.75 Å². The third-order valence-corrected chi connectivity index (χ3v) is 4.56. The fourth-order valence-electron chi connectivity index (χ4n) is 3.49. The number of rotatable bonds is 1. The van der Waals surface area contributed by atoms with Crippen molar-refractivity contribution in [3.05, 3.63) is 29.6 Å². The van der Waals surface area contributed by atoms with Gasteiger partial charge in [-0.2, -0.15) is 0 Å². The number of ether oxygens (including phenoxy) is 1. The molecule has 0 bridgehead atoms. The second kappa shape index (κ2) is 4.46. The Labute approximate surface area is 113 Å². The highest BCUT2D eigenvalue weighted by Gasteiger charge is 2.47. The van der Waals surface area contributed by atoms with Crippen LogP contribution in [0.2, 0.25) is 0 Å². The van der Waals surface area contributed by atoms with Gasteiger partial charge >= 0.3 is 0 Å². The number of nitrogens with one attached hydrogen (secondary N) is 1. The zero-order valence-electron chi connectivity index (χ0n) is 11.7. The van der Waals surface area contributed by atoms with Crippen LogP contribution in [0.25, 0.3) is 0 Å². The number of likely N-dealkylation sites (tertiary alicyclic amines) is 1. The summed E-state index contributed by atoms with van der Waals surface area (Å²) >= 11 is 0. The summed E-state index contributed by atoms with van der Waals surface area (Å²) in [5, 5.41) is 3.30. The minimum atomic E-state index is -0.199. The van der Waals surface area contributed by atoms with Gasteiger partial charge in [0.2, 0.25) is 0 Å². The van der Waals surface area contributed by atoms with Gasteiger partial charge in [0, 0.05) is 37.0 Å². The third kappa shape index (κ3) is 2.13. The molecular formula is C15H21FN2O. The van der Waals surface area contributed by atoms with E-state index in [9.17, 15) is 4.39 Å². The molecule has 1 fully saturated rings. The van der Waals surface area contributed by atoms with Crippen molar-refractivity contribution in [1.82, 2.24) is 10.2 Å². The van der Waals surface area contributed by atoms with E-state index in [1.807, 2.05) is 7.05 Å². The van der Waals surface area contributed by atoms with E-state index in [1.54, 1.807) is 12.1 Å². The Morgan fingerprint density at radius 3 is 2.84 bits per heavy atom. The maximum atomic E-state index is 13.4. The molecule has 1 saturated heterocycles. The molecule has 1 aromatic carbocycles. The van der Waals surface area contributed by atoms with Crippen LogP contribution in [-0.4, -0.2) is 37.2 Å². The molecule has 0 saturated carbocycles. The monoisotopic (exact) mass is 264 g/mol. The molecule has 104 valence electrons. The molecule has 1 N–H and O–H groups in total. The number of benzene rings is 1. The van der Waals surface area contributed by atoms with Gasteiger partial charge in [0.1, 0.15) is 17.2 Å². The quantitative estimate of drug-likeness (QED) is 0.842. The predicted octanol–water partition coefficient (Wildman–Crippen LogP) is 2.33. The van der Waals surface area contributed by atoms with E-state index < -0.39 is 0 Å². The van der Waals surface area contributed by atoms with Crippen molar-refractivity contribution in [1.29, 1.82) is 0 Å². The first-order chi connectivity index (χ1) is 9.03. The Kier molecular flexibility index (Phi) is 3.02. The van der Waals surface area contributed by atoms with Crippen molar-refractivity contribution in [2.24, 2.45) is 0 Å². The Bertz CT molecular complexity index is 481. The number of fused-ring (bicyclic) bond motifs is 1. The number of likely N-dealkylation sites (N-methyl/N-ethyl adjacent to an activating group) is 1. The molecule has 3 unspecified atom stereocenters. The molecule has 2 heterocycles. The van der Waals surface area contributed by atoms with Crippen LogP contribution in [0.1, 0.15) is 31.4 Å². The summed E-state index contributed by atoms with van der Waals surface area (Å²) in [6.45, 7) is 3.16. The Balaban J connectivity index is 1.96. The van der Waals surface area contributed by atoms with Crippen LogP contribution in [0, 0.1) is 5.82 Å². The van der Waals surface area contributed by atoms with Crippen LogP contribution in [-0.2, 0) is 0 Å². The van der Waals surface area contributed by atoms with E-state index in [1.165, 1.54) is 6.07 Å². The highest BCUT2D eigenvalue weighted by Crippen LogP contribution is 2.44. The van der Waals surface area contributed by atoms with Crippen molar-refractivity contribution in [3.63, 3.8) is 0 Å². The lowest BCUT2D eigenvalue weighted by molar-refractivity contribution is 0.0415. The lowest BCUT2D eigenvalue weighted by Crippen LogP contribution is -2.45. The Hall–Kier alpha value is -1.13. The molecule has 2 aliphatic rings. The summed E-state index contributed by atoms with van der Waals surface area (Å²) < 4.78 is 19.7. The average molecular weight is 264 g/mol. The number of hydrogen-bond donors (Lipinski definition) is 1. The van der Waals surface area contributed by atoms with Gasteiger partial charge in [0.15, 0.2) is 0 Å². The standard InChI is InChI=1S/C15H21FN2O/c1-10-7-15(9-18(10)3)8-13(17-2)12-6-11(16)4-5-14(12)19-15/h4-6,10,13,17H,7-9H2,1-3H3. The molecular weight excluding hydrogens is 243 g/mol. The summed E-state index contributed by atoms with van der Waals surface area (Å²) in [5.41, 5.74) is 0.808. The Morgan fingerprint density at radius 1 is 1.42 bits per heavy atom. The summed E-state index contributed by atoms with van der Waals surface area (Å²) in [5.74, 6) is 0.630. The van der Waals surface area contributed by atoms with E-state index in [0.717, 1.165) is 30.7 Å². The second-order valence-corrected chi connectivity index (χ2v) is 5.98. The smallest absolute Gasteiger partial charge is 0.125 e. The first-order valence-corrected chi connectivity index (χ1v) is 6.89. The van der Waals surface area contributed by atoms with E-state index in [4.69, 9.17) is 4.74 Å². The molecule has 0 amide bonds. The summed E-state index contributed by atoms with van der Waals surface area (Å²) in [7, 11) is 4.07. The van der Waals surface area contributed by atoms with Crippen LogP contribution < -0.4 is 10.1 Å². The van der Waals surface area contributed by atoms with Crippen LogP contribution in [0.15, 0.2) is 18.2 Å². The molecule has 0 aliphatic carbocycles. The summed E-state index contributed by atoms with van der Waals surface area (Å²) in [4.78, 5) is 2.33. The first-order valence-electron chi connectivity index (χ1n) is 6.89. The van der Waals surface area contributed by atoms with Gasteiger partial charge in [-0.05, 0) is 39.2 Å². The van der Waals surface area contributed by atoms with Gasteiger partial charge in [0.25, 0.3) is 0 Å². The SMILES string of the molecule is CNC1CC2(CC(C)N(C)C2)Oc2ccc(F)cc21. The van der Waals surface area contributed by atoms with Gasteiger partial charge < -0.3 is 10.1 Å². The van der Waals surface area contributed by atoms with E-state index in [-0.39, 0.29) is 17.5 Å². The van der Waals surface area contributed by atoms with Gasteiger partial charge in [-0.25, -0.2) is 4.39 Å². The number of nitrogens with zero attached hydrogens (tertiary/aromatic N) is 1. The fraction of sp³-hybridized carbons (Fsp3) is 0.600. The van der Waals surface area contributed by atoms with E-state index >= 15 is 0 Å². The van der Waals surface area contributed by atoms with E-state index in [2.05, 4.69) is 24.2 Å². The Morgan fingerprint density at radius 2 is 2.21 bits per heavy atom. The molecule has 4 heteroatoms. The highest BCUT2D eigenvalue weighted by atomic mass is 19.1. The zero-order chi connectivity index (χ0) is 13.6. The molecule has 0 radical (unpaired) electrons. The maximum Gasteiger partial charge on any atom is 0.125 e. The summed E-state index contributed by atoms with van der Waals surface area (Å²) in [6, 6.07) is 5.52. The first kappa shape index (κ1) is 12.9. The fourth-order valence-corrected chi connectivity index (χ4v) is 3.49. The number of hydrogen-bond acceptors (Lipinski definition) is 3. The van der Waals surface area contributed by atoms with Crippen LogP contribution in [0.3, 0.4) is 0 Å². The van der Waals surface area contributed by atoms with Crippen LogP contribution >= 0.6 is 0 Å². The van der Waals surface area contributed by atoms with Gasteiger partial charge in [-0.15, -0.1) is 0 Å². The molecule has 0 aromatic heterocycles. The summed E-state index contributed by atoms with van der Waals surface area (Å²) in [6.07, 6.45) is 1.92. The van der Waals surface area contributed by atoms with Crippen molar-refractivity contribution in [2.45, 2.75) is 37.5 Å². The minimum Gasteiger partial charge on any atom is -0.485 e. The number of halogens is 1. The molecule has 3 atom stereocenters. The molecule has 2 aliphatic heterocycles. The topological polar surface area (TPSA) is 24.5 Å². The van der Waals surface area contributed by atoms with E-state index in [0.29, 0.717) is 6.04 Å². The normalized spacial score (nSPS) is 34.3. The lowest BCUT2D eigenvalue weighted by atomic mass is 9.85.